The monoisotopic (exact) mass is 177 g/mol. The van der Waals surface area contributed by atoms with Crippen molar-refractivity contribution in [1.82, 2.24) is 5.16 Å². The molecule has 0 aliphatic heterocycles. The summed E-state index contributed by atoms with van der Waals surface area (Å²) in [5, 5.41) is 11.5. The first-order chi connectivity index (χ1) is 4.74. The Hall–Kier alpha value is -0.124. The SMILES string of the molecule is C#Cc1cc(C(=O)O)no1.[KH]. The van der Waals surface area contributed by atoms with Crippen LogP contribution in [0.15, 0.2) is 10.6 Å². The molecule has 11 heavy (non-hydrogen) atoms. The van der Waals surface area contributed by atoms with Crippen LogP contribution in [0.5, 0.6) is 0 Å². The second-order valence-corrected chi connectivity index (χ2v) is 1.53. The molecular formula is C6H4KNO3. The summed E-state index contributed by atoms with van der Waals surface area (Å²) in [4.78, 5) is 10.1. The Kier molecular flexibility index (Phi) is 4.64. The molecule has 1 heterocycles. The van der Waals surface area contributed by atoms with Gasteiger partial charge in [0, 0.05) is 6.07 Å². The van der Waals surface area contributed by atoms with Crippen LogP contribution in [0.1, 0.15) is 16.2 Å². The van der Waals surface area contributed by atoms with Gasteiger partial charge >= 0.3 is 57.4 Å². The van der Waals surface area contributed by atoms with Gasteiger partial charge in [-0.25, -0.2) is 4.79 Å². The summed E-state index contributed by atoms with van der Waals surface area (Å²) < 4.78 is 4.41. The molecule has 1 aromatic rings. The first-order valence-corrected chi connectivity index (χ1v) is 2.40. The van der Waals surface area contributed by atoms with Crippen molar-refractivity contribution < 1.29 is 14.4 Å². The van der Waals surface area contributed by atoms with E-state index >= 15 is 0 Å². The van der Waals surface area contributed by atoms with Gasteiger partial charge in [0.25, 0.3) is 0 Å². The third kappa shape index (κ3) is 2.77. The van der Waals surface area contributed by atoms with Gasteiger partial charge in [-0.3, -0.25) is 0 Å². The minimum absolute atomic E-state index is 0. The van der Waals surface area contributed by atoms with Gasteiger partial charge in [-0.2, -0.15) is 0 Å². The molecule has 0 unspecified atom stereocenters. The van der Waals surface area contributed by atoms with E-state index in [4.69, 9.17) is 11.5 Å². The number of aromatic nitrogens is 1. The predicted molar refractivity (Wildman–Crippen MR) is 38.5 cm³/mol. The molecule has 0 radical (unpaired) electrons. The average molecular weight is 177 g/mol. The molecule has 1 rings (SSSR count). The number of hydrogen-bond acceptors (Lipinski definition) is 3. The van der Waals surface area contributed by atoms with E-state index in [0.29, 0.717) is 0 Å². The van der Waals surface area contributed by atoms with E-state index in [1.165, 1.54) is 6.07 Å². The number of carbonyl (C=O) groups is 1. The van der Waals surface area contributed by atoms with Gasteiger partial charge in [-0.05, 0) is 5.92 Å². The summed E-state index contributed by atoms with van der Waals surface area (Å²) in [6, 6.07) is 1.18. The Labute approximate surface area is 105 Å². The molecular weight excluding hydrogens is 173 g/mol. The summed E-state index contributed by atoms with van der Waals surface area (Å²) in [5.74, 6) is 1.08. The Morgan fingerprint density at radius 2 is 2.45 bits per heavy atom. The van der Waals surface area contributed by atoms with Gasteiger partial charge in [0.1, 0.15) is 0 Å². The van der Waals surface area contributed by atoms with E-state index in [-0.39, 0.29) is 62.8 Å². The third-order valence-corrected chi connectivity index (χ3v) is 0.872. The van der Waals surface area contributed by atoms with Crippen LogP contribution in [0.3, 0.4) is 0 Å². The van der Waals surface area contributed by atoms with Crippen molar-refractivity contribution in [2.24, 2.45) is 0 Å². The number of terminal acetylenes is 1. The first kappa shape index (κ1) is 10.9. The molecule has 0 amide bonds. The van der Waals surface area contributed by atoms with Crippen LogP contribution < -0.4 is 0 Å². The number of nitrogens with zero attached hydrogens (tertiary/aromatic N) is 1. The van der Waals surface area contributed by atoms with E-state index < -0.39 is 5.97 Å². The van der Waals surface area contributed by atoms with Crippen molar-refractivity contribution in [3.05, 3.63) is 17.5 Å². The number of carboxylic acid groups (broad SMARTS) is 1. The Balaban J connectivity index is 0.000001000. The fraction of sp³-hybridized carbons (Fsp3) is 0. The molecule has 1 N–H and O–H groups in total. The maximum absolute atomic E-state index is 10.1. The Morgan fingerprint density at radius 1 is 1.82 bits per heavy atom. The van der Waals surface area contributed by atoms with Crippen LogP contribution in [0.2, 0.25) is 0 Å². The molecule has 5 heteroatoms. The van der Waals surface area contributed by atoms with Crippen LogP contribution in [0.4, 0.5) is 0 Å². The van der Waals surface area contributed by atoms with Gasteiger partial charge in [-0.15, -0.1) is 6.42 Å². The summed E-state index contributed by atoms with van der Waals surface area (Å²) >= 11 is 0. The van der Waals surface area contributed by atoms with Crippen LogP contribution in [0, 0.1) is 12.3 Å². The molecule has 0 atom stereocenters. The fourth-order valence-electron chi connectivity index (χ4n) is 0.444. The van der Waals surface area contributed by atoms with Crippen LogP contribution in [-0.4, -0.2) is 67.6 Å². The minimum atomic E-state index is -1.15. The maximum atomic E-state index is 10.1. The van der Waals surface area contributed by atoms with Crippen LogP contribution in [-0.2, 0) is 0 Å². The summed E-state index contributed by atoms with van der Waals surface area (Å²) in [6.07, 6.45) is 4.89. The molecule has 0 aliphatic carbocycles. The molecule has 0 bridgehead atoms. The zero-order valence-electron chi connectivity index (χ0n) is 4.87. The quantitative estimate of drug-likeness (QED) is 0.472. The predicted octanol–water partition coefficient (Wildman–Crippen LogP) is -0.294. The Morgan fingerprint density at radius 3 is 2.73 bits per heavy atom. The summed E-state index contributed by atoms with van der Waals surface area (Å²) in [6.45, 7) is 0. The zero-order valence-corrected chi connectivity index (χ0v) is 4.87. The fourth-order valence-corrected chi connectivity index (χ4v) is 0.444. The number of hydrogen-bond donors (Lipinski definition) is 1. The zero-order chi connectivity index (χ0) is 7.56. The molecule has 0 spiro atoms. The van der Waals surface area contributed by atoms with Gasteiger partial charge < -0.3 is 9.63 Å². The van der Waals surface area contributed by atoms with Gasteiger partial charge in [-0.1, -0.05) is 5.16 Å². The molecule has 0 saturated carbocycles. The Bertz CT molecular complexity index is 299. The van der Waals surface area contributed by atoms with E-state index in [1.807, 2.05) is 0 Å². The molecule has 1 aromatic heterocycles. The van der Waals surface area contributed by atoms with Crippen molar-refractivity contribution in [3.63, 3.8) is 0 Å². The standard InChI is InChI=1S/C6H3NO3.K.H/c1-2-4-3-5(6(8)9)7-10-4;;/h1,3H,(H,8,9);;. The van der Waals surface area contributed by atoms with E-state index in [1.54, 1.807) is 0 Å². The number of rotatable bonds is 1. The van der Waals surface area contributed by atoms with Crippen LogP contribution >= 0.6 is 0 Å². The van der Waals surface area contributed by atoms with Crippen molar-refractivity contribution >= 4 is 57.4 Å². The molecule has 0 aliphatic rings. The third-order valence-electron chi connectivity index (χ3n) is 0.872. The molecule has 0 saturated heterocycles. The van der Waals surface area contributed by atoms with Gasteiger partial charge in [0.2, 0.25) is 5.76 Å². The van der Waals surface area contributed by atoms with Gasteiger partial charge in [0.15, 0.2) is 5.69 Å². The first-order valence-electron chi connectivity index (χ1n) is 2.40. The van der Waals surface area contributed by atoms with E-state index in [0.717, 1.165) is 0 Å². The number of carboxylic acids is 1. The van der Waals surface area contributed by atoms with Crippen molar-refractivity contribution in [2.45, 2.75) is 0 Å². The topological polar surface area (TPSA) is 63.3 Å². The molecule has 52 valence electrons. The molecule has 0 fully saturated rings. The normalized spacial score (nSPS) is 7.91. The average Bonchev–Trinajstić information content (AvgIpc) is 2.34. The van der Waals surface area contributed by atoms with Crippen molar-refractivity contribution in [2.75, 3.05) is 0 Å². The second kappa shape index (κ2) is 4.69. The van der Waals surface area contributed by atoms with Crippen molar-refractivity contribution in [3.8, 4) is 12.3 Å². The number of aromatic carboxylic acids is 1. The second-order valence-electron chi connectivity index (χ2n) is 1.53. The van der Waals surface area contributed by atoms with E-state index in [9.17, 15) is 4.79 Å². The molecule has 4 nitrogen and oxygen atoms in total. The molecule has 0 aromatic carbocycles. The van der Waals surface area contributed by atoms with Crippen LogP contribution in [0.25, 0.3) is 0 Å². The van der Waals surface area contributed by atoms with Crippen molar-refractivity contribution in [1.29, 1.82) is 0 Å². The van der Waals surface area contributed by atoms with Gasteiger partial charge in [0.05, 0.1) is 0 Å². The van der Waals surface area contributed by atoms with E-state index in [2.05, 4.69) is 15.6 Å². The summed E-state index contributed by atoms with van der Waals surface area (Å²) in [7, 11) is 0. The summed E-state index contributed by atoms with van der Waals surface area (Å²) in [5.41, 5.74) is -0.173.